The number of hydrogen-bond donors (Lipinski definition) is 0. The van der Waals surface area contributed by atoms with Gasteiger partial charge < -0.3 is 13.9 Å². The van der Waals surface area contributed by atoms with Gasteiger partial charge in [-0.1, -0.05) is 127 Å². The molecule has 0 unspecified atom stereocenters. The Morgan fingerprint density at radius 2 is 0.945 bits per heavy atom. The van der Waals surface area contributed by atoms with Crippen molar-refractivity contribution in [2.45, 2.75) is 0 Å². The van der Waals surface area contributed by atoms with Gasteiger partial charge in [0.15, 0.2) is 0 Å². The van der Waals surface area contributed by atoms with E-state index >= 15 is 0 Å². The number of benzene rings is 9. The third-order valence-electron chi connectivity index (χ3n) is 11.0. The van der Waals surface area contributed by atoms with Crippen LogP contribution < -0.4 is 4.90 Å². The van der Waals surface area contributed by atoms with Crippen LogP contribution in [0.3, 0.4) is 0 Å². The monoisotopic (exact) mass is 702 g/mol. The molecule has 55 heavy (non-hydrogen) atoms. The van der Waals surface area contributed by atoms with Crippen molar-refractivity contribution in [2.24, 2.45) is 0 Å². The predicted octanol–water partition coefficient (Wildman–Crippen LogP) is 14.6. The molecule has 0 saturated carbocycles. The number of hydrogen-bond acceptors (Lipinski definition) is 2. The van der Waals surface area contributed by atoms with E-state index in [1.807, 2.05) is 12.1 Å². The van der Waals surface area contributed by atoms with Gasteiger partial charge in [-0.05, 0) is 112 Å². The number of furan rings is 1. The molecule has 0 fully saturated rings. The first-order valence-corrected chi connectivity index (χ1v) is 18.8. The van der Waals surface area contributed by atoms with Gasteiger partial charge in [0, 0.05) is 44.3 Å². The molecule has 0 atom stereocenters. The highest BCUT2D eigenvalue weighted by atomic mass is 16.3. The van der Waals surface area contributed by atoms with Crippen molar-refractivity contribution in [1.29, 1.82) is 0 Å². The maximum Gasteiger partial charge on any atom is 0.136 e. The van der Waals surface area contributed by atoms with Crippen molar-refractivity contribution in [3.63, 3.8) is 0 Å². The lowest BCUT2D eigenvalue weighted by molar-refractivity contribution is 0.669. The first-order chi connectivity index (χ1) is 27.3. The van der Waals surface area contributed by atoms with E-state index in [4.69, 9.17) is 4.42 Å². The van der Waals surface area contributed by atoms with Crippen LogP contribution in [-0.4, -0.2) is 4.57 Å². The van der Waals surface area contributed by atoms with Crippen molar-refractivity contribution in [3.05, 3.63) is 206 Å². The van der Waals surface area contributed by atoms with Crippen LogP contribution >= 0.6 is 0 Å². The number of rotatable bonds is 6. The molecule has 0 aliphatic rings. The summed E-state index contributed by atoms with van der Waals surface area (Å²) in [6.45, 7) is 0. The fraction of sp³-hybridized carbons (Fsp3) is 0. The highest BCUT2D eigenvalue weighted by Gasteiger charge is 2.17. The van der Waals surface area contributed by atoms with Gasteiger partial charge in [-0.15, -0.1) is 0 Å². The Morgan fingerprint density at radius 3 is 1.71 bits per heavy atom. The van der Waals surface area contributed by atoms with Crippen molar-refractivity contribution in [2.75, 3.05) is 4.90 Å². The largest absolute Gasteiger partial charge is 0.456 e. The number of anilines is 3. The highest BCUT2D eigenvalue weighted by molar-refractivity contribution is 6.12. The molecule has 0 N–H and O–H groups in total. The molecule has 9 aromatic carbocycles. The lowest BCUT2D eigenvalue weighted by atomic mass is 9.96. The Labute approximate surface area is 318 Å². The van der Waals surface area contributed by atoms with Gasteiger partial charge in [-0.3, -0.25) is 0 Å². The molecule has 11 rings (SSSR count). The fourth-order valence-corrected chi connectivity index (χ4v) is 8.40. The number of fused-ring (bicyclic) bond motifs is 7. The van der Waals surface area contributed by atoms with E-state index in [9.17, 15) is 0 Å². The average Bonchev–Trinajstić information content (AvgIpc) is 3.80. The summed E-state index contributed by atoms with van der Waals surface area (Å²) in [5.74, 6) is 0. The van der Waals surface area contributed by atoms with E-state index in [0.29, 0.717) is 0 Å². The second-order valence-electron chi connectivity index (χ2n) is 14.2. The lowest BCUT2D eigenvalue weighted by Gasteiger charge is -2.26. The maximum absolute atomic E-state index is 6.22. The number of nitrogens with zero attached hydrogens (tertiary/aromatic N) is 2. The van der Waals surface area contributed by atoms with Crippen LogP contribution in [0.25, 0.3) is 82.5 Å². The normalized spacial score (nSPS) is 11.6. The predicted molar refractivity (Wildman–Crippen MR) is 231 cm³/mol. The van der Waals surface area contributed by atoms with Gasteiger partial charge in [-0.25, -0.2) is 0 Å². The Balaban J connectivity index is 0.993. The second-order valence-corrected chi connectivity index (χ2v) is 14.2. The van der Waals surface area contributed by atoms with E-state index in [1.54, 1.807) is 0 Å². The smallest absolute Gasteiger partial charge is 0.136 e. The molecular formula is C52H34N2O. The summed E-state index contributed by atoms with van der Waals surface area (Å²) in [6, 6.07) is 74.0. The van der Waals surface area contributed by atoms with Crippen LogP contribution in [0, 0.1) is 0 Å². The van der Waals surface area contributed by atoms with Crippen LogP contribution in [-0.2, 0) is 0 Å². The Hall–Kier alpha value is -7.36. The zero-order valence-corrected chi connectivity index (χ0v) is 29.9. The summed E-state index contributed by atoms with van der Waals surface area (Å²) < 4.78 is 8.58. The van der Waals surface area contributed by atoms with Gasteiger partial charge >= 0.3 is 0 Å². The first-order valence-electron chi connectivity index (χ1n) is 18.8. The molecule has 0 spiro atoms. The molecule has 258 valence electrons. The van der Waals surface area contributed by atoms with Crippen LogP contribution in [0.15, 0.2) is 211 Å². The van der Waals surface area contributed by atoms with E-state index in [0.717, 1.165) is 50.3 Å². The standard InChI is InChI=1S/C52H34N2O/c1-2-12-38-34-43(28-25-35(38)11-1)53(41-29-31-42(32-30-41)54-48-19-6-3-15-45(48)46-16-4-7-20-49(46)54)40-26-23-36(24-27-40)37-13-9-14-39(33-37)44-18-10-22-51-52(44)47-17-5-8-21-50(47)55-51/h1-34H. The van der Waals surface area contributed by atoms with E-state index in [1.165, 1.54) is 49.3 Å². The van der Waals surface area contributed by atoms with Crippen LogP contribution in [0.5, 0.6) is 0 Å². The minimum absolute atomic E-state index is 0.908. The molecule has 3 nitrogen and oxygen atoms in total. The summed E-state index contributed by atoms with van der Waals surface area (Å²) in [5.41, 5.74) is 13.3. The quantitative estimate of drug-likeness (QED) is 0.172. The molecule has 3 heteroatoms. The minimum atomic E-state index is 0.908. The highest BCUT2D eigenvalue weighted by Crippen LogP contribution is 2.41. The van der Waals surface area contributed by atoms with Crippen LogP contribution in [0.1, 0.15) is 0 Å². The zero-order chi connectivity index (χ0) is 36.3. The average molecular weight is 703 g/mol. The molecule has 11 aromatic rings. The maximum atomic E-state index is 6.22. The molecule has 0 bridgehead atoms. The molecule has 0 aliphatic carbocycles. The number of aromatic nitrogens is 1. The lowest BCUT2D eigenvalue weighted by Crippen LogP contribution is -2.10. The van der Waals surface area contributed by atoms with Gasteiger partial charge in [0.05, 0.1) is 11.0 Å². The Kier molecular flexibility index (Phi) is 7.17. The van der Waals surface area contributed by atoms with Crippen molar-refractivity contribution in [3.8, 4) is 27.9 Å². The van der Waals surface area contributed by atoms with Gasteiger partial charge in [0.1, 0.15) is 11.2 Å². The van der Waals surface area contributed by atoms with Crippen molar-refractivity contribution < 1.29 is 4.42 Å². The molecular weight excluding hydrogens is 669 g/mol. The molecule has 2 aromatic heterocycles. The van der Waals surface area contributed by atoms with Gasteiger partial charge in [0.2, 0.25) is 0 Å². The summed E-state index contributed by atoms with van der Waals surface area (Å²) in [6.07, 6.45) is 0. The first kappa shape index (κ1) is 31.2. The second kappa shape index (κ2) is 12.6. The Bertz CT molecular complexity index is 3150. The summed E-state index contributed by atoms with van der Waals surface area (Å²) in [4.78, 5) is 2.35. The molecule has 2 heterocycles. The summed E-state index contributed by atoms with van der Waals surface area (Å²) >= 11 is 0. The molecule has 0 amide bonds. The molecule has 0 radical (unpaired) electrons. The van der Waals surface area contributed by atoms with E-state index in [2.05, 4.69) is 204 Å². The topological polar surface area (TPSA) is 21.3 Å². The SMILES string of the molecule is c1cc(-c2ccc(N(c3ccc(-n4c5ccccc5c5ccccc54)cc3)c3ccc4ccccc4c3)cc2)cc(-c2cccc3oc4ccccc4c23)c1. The molecule has 0 saturated heterocycles. The summed E-state index contributed by atoms with van der Waals surface area (Å²) in [5, 5.41) is 7.25. The number of para-hydroxylation sites is 3. The van der Waals surface area contributed by atoms with Crippen LogP contribution in [0.4, 0.5) is 17.1 Å². The van der Waals surface area contributed by atoms with E-state index < -0.39 is 0 Å². The summed E-state index contributed by atoms with van der Waals surface area (Å²) in [7, 11) is 0. The van der Waals surface area contributed by atoms with Gasteiger partial charge in [0.25, 0.3) is 0 Å². The zero-order valence-electron chi connectivity index (χ0n) is 29.9. The van der Waals surface area contributed by atoms with Crippen LogP contribution in [0.2, 0.25) is 0 Å². The van der Waals surface area contributed by atoms with Crippen molar-refractivity contribution >= 4 is 71.6 Å². The van der Waals surface area contributed by atoms with E-state index in [-0.39, 0.29) is 0 Å². The fourth-order valence-electron chi connectivity index (χ4n) is 8.40. The minimum Gasteiger partial charge on any atom is -0.456 e. The Morgan fingerprint density at radius 1 is 0.364 bits per heavy atom. The van der Waals surface area contributed by atoms with Gasteiger partial charge in [-0.2, -0.15) is 0 Å². The third kappa shape index (κ3) is 5.20. The third-order valence-corrected chi connectivity index (χ3v) is 11.0. The molecule has 0 aliphatic heterocycles. The van der Waals surface area contributed by atoms with Crippen molar-refractivity contribution in [1.82, 2.24) is 4.57 Å².